The van der Waals surface area contributed by atoms with Crippen molar-refractivity contribution < 1.29 is 10.3 Å². The monoisotopic (exact) mass is 96.0 g/mol. The number of halogens is 1. The fourth-order valence-corrected chi connectivity index (χ4v) is 0. The minimum Gasteiger partial charge on any atom is -0.412 e. The molecule has 32 valence electrons. The lowest BCUT2D eigenvalue weighted by Crippen LogP contribution is -1.63. The molecule has 0 saturated heterocycles. The maximum absolute atomic E-state index is 9.04. The molecule has 0 aliphatic rings. The highest BCUT2D eigenvalue weighted by Crippen LogP contribution is 1.57. The van der Waals surface area contributed by atoms with Gasteiger partial charge in [-0.3, -0.25) is 0 Å². The Labute approximate surface area is 35.0 Å². The summed E-state index contributed by atoms with van der Waals surface area (Å²) in [5, 5.41) is 0. The molecule has 0 aliphatic carbocycles. The van der Waals surface area contributed by atoms with Crippen molar-refractivity contribution in [2.24, 2.45) is 0 Å². The van der Waals surface area contributed by atoms with Crippen molar-refractivity contribution in [2.45, 2.75) is 0 Å². The zero-order valence-electron chi connectivity index (χ0n) is 2.57. The van der Waals surface area contributed by atoms with Gasteiger partial charge in [-0.1, -0.05) is 0 Å². The maximum Gasteiger partial charge on any atom is 0.134 e. The van der Waals surface area contributed by atoms with Gasteiger partial charge in [-0.05, 0) is 0 Å². The highest BCUT2D eigenvalue weighted by atomic mass is 35.5. The van der Waals surface area contributed by atoms with E-state index in [-0.39, 0.29) is 11.4 Å². The van der Waals surface area contributed by atoms with Crippen LogP contribution in [0.15, 0.2) is 0 Å². The molecule has 5 heavy (non-hydrogen) atoms. The van der Waals surface area contributed by atoms with E-state index in [1.54, 1.807) is 0 Å². The molecule has 0 spiro atoms. The first-order valence-corrected chi connectivity index (χ1v) is 1.45. The van der Waals surface area contributed by atoms with E-state index in [0.717, 1.165) is 0 Å². The Hall–Kier alpha value is -0.0800. The fraction of sp³-hybridized carbons (Fsp3) is 0.500. The second kappa shape index (κ2) is 9.07. The van der Waals surface area contributed by atoms with Gasteiger partial charge in [0.05, 0.1) is 5.88 Å². The van der Waals surface area contributed by atoms with E-state index < -0.39 is 0 Å². The molecule has 0 unspecified atom stereocenters. The van der Waals surface area contributed by atoms with Crippen LogP contribution in [0.2, 0.25) is 0 Å². The summed E-state index contributed by atoms with van der Waals surface area (Å²) in [5.74, 6) is 0.111. The molecule has 0 aromatic rings. The Kier molecular flexibility index (Phi) is 16.1. The van der Waals surface area contributed by atoms with Crippen LogP contribution in [0.25, 0.3) is 0 Å². The van der Waals surface area contributed by atoms with Gasteiger partial charge in [0.1, 0.15) is 6.29 Å². The van der Waals surface area contributed by atoms with Crippen LogP contribution < -0.4 is 0 Å². The van der Waals surface area contributed by atoms with Crippen molar-refractivity contribution in [1.82, 2.24) is 0 Å². The summed E-state index contributed by atoms with van der Waals surface area (Å²) in [6.45, 7) is 0. The van der Waals surface area contributed by atoms with E-state index >= 15 is 0 Å². The Balaban J connectivity index is 0. The molecule has 2 N–H and O–H groups in total. The summed E-state index contributed by atoms with van der Waals surface area (Å²) in [6.07, 6.45) is 0.640. The van der Waals surface area contributed by atoms with Gasteiger partial charge in [0.2, 0.25) is 0 Å². The number of aldehydes is 1. The van der Waals surface area contributed by atoms with Crippen LogP contribution in [0.3, 0.4) is 0 Å². The third-order valence-corrected chi connectivity index (χ3v) is 0.189. The van der Waals surface area contributed by atoms with Crippen LogP contribution in [0, 0.1) is 0 Å². The Morgan fingerprint density at radius 2 is 2.00 bits per heavy atom. The van der Waals surface area contributed by atoms with Crippen molar-refractivity contribution in [2.75, 3.05) is 5.88 Å². The van der Waals surface area contributed by atoms with Crippen molar-refractivity contribution in [3.05, 3.63) is 0 Å². The third kappa shape index (κ3) is 17.1. The van der Waals surface area contributed by atoms with E-state index in [2.05, 4.69) is 0 Å². The van der Waals surface area contributed by atoms with Crippen molar-refractivity contribution in [3.8, 4) is 0 Å². The second-order valence-electron chi connectivity index (χ2n) is 0.321. The molecule has 0 saturated carbocycles. The average molecular weight is 96.5 g/mol. The van der Waals surface area contributed by atoms with Gasteiger partial charge >= 0.3 is 0 Å². The van der Waals surface area contributed by atoms with Gasteiger partial charge in [0, 0.05) is 0 Å². The van der Waals surface area contributed by atoms with E-state index in [1.165, 1.54) is 0 Å². The molecule has 0 atom stereocenters. The molecule has 0 heterocycles. The number of rotatable bonds is 1. The van der Waals surface area contributed by atoms with Crippen LogP contribution in [0.1, 0.15) is 0 Å². The molecular weight excluding hydrogens is 91.5 g/mol. The molecule has 0 radical (unpaired) electrons. The van der Waals surface area contributed by atoms with Gasteiger partial charge in [-0.15, -0.1) is 11.6 Å². The predicted octanol–water partition coefficient (Wildman–Crippen LogP) is -0.401. The minimum atomic E-state index is 0. The molecule has 0 aromatic carbocycles. The first-order chi connectivity index (χ1) is 1.91. The summed E-state index contributed by atoms with van der Waals surface area (Å²) in [7, 11) is 0. The van der Waals surface area contributed by atoms with Crippen molar-refractivity contribution in [1.29, 1.82) is 0 Å². The fourth-order valence-electron chi connectivity index (χ4n) is 0. The topological polar surface area (TPSA) is 48.6 Å². The zero-order chi connectivity index (χ0) is 3.41. The SMILES string of the molecule is O.O=CCCl. The molecule has 0 rings (SSSR count). The summed E-state index contributed by atoms with van der Waals surface area (Å²) < 4.78 is 0. The molecule has 0 amide bonds. The summed E-state index contributed by atoms with van der Waals surface area (Å²) in [6, 6.07) is 0. The molecule has 0 aliphatic heterocycles. The van der Waals surface area contributed by atoms with E-state index in [1.807, 2.05) is 0 Å². The van der Waals surface area contributed by atoms with Crippen LogP contribution in [-0.4, -0.2) is 17.6 Å². The highest BCUT2D eigenvalue weighted by molar-refractivity contribution is 6.24. The lowest BCUT2D eigenvalue weighted by molar-refractivity contribution is -0.105. The number of alkyl halides is 1. The average Bonchev–Trinajstić information content (AvgIpc) is 1.37. The largest absolute Gasteiger partial charge is 0.412 e. The van der Waals surface area contributed by atoms with Gasteiger partial charge in [0.15, 0.2) is 0 Å². The van der Waals surface area contributed by atoms with E-state index in [0.29, 0.717) is 6.29 Å². The van der Waals surface area contributed by atoms with E-state index in [4.69, 9.17) is 16.4 Å². The zero-order valence-corrected chi connectivity index (χ0v) is 3.33. The number of carbonyl (C=O) groups excluding carboxylic acids is 1. The smallest absolute Gasteiger partial charge is 0.134 e. The van der Waals surface area contributed by atoms with Gasteiger partial charge in [-0.2, -0.15) is 0 Å². The first kappa shape index (κ1) is 8.87. The maximum atomic E-state index is 9.04. The summed E-state index contributed by atoms with van der Waals surface area (Å²) >= 11 is 4.82. The van der Waals surface area contributed by atoms with Gasteiger partial charge < -0.3 is 10.3 Å². The van der Waals surface area contributed by atoms with Gasteiger partial charge in [-0.25, -0.2) is 0 Å². The summed E-state index contributed by atoms with van der Waals surface area (Å²) in [5.41, 5.74) is 0. The molecule has 0 aromatic heterocycles. The number of hydrogen-bond donors (Lipinski definition) is 0. The Morgan fingerprint density at radius 3 is 2.00 bits per heavy atom. The van der Waals surface area contributed by atoms with Crippen LogP contribution in [0.5, 0.6) is 0 Å². The van der Waals surface area contributed by atoms with Gasteiger partial charge in [0.25, 0.3) is 0 Å². The van der Waals surface area contributed by atoms with Crippen LogP contribution in [-0.2, 0) is 4.79 Å². The molecular formula is C2H5ClO2. The quantitative estimate of drug-likeness (QED) is 0.324. The summed E-state index contributed by atoms with van der Waals surface area (Å²) in [4.78, 5) is 9.04. The van der Waals surface area contributed by atoms with Crippen LogP contribution in [0.4, 0.5) is 0 Å². The van der Waals surface area contributed by atoms with Crippen LogP contribution >= 0.6 is 11.6 Å². The lowest BCUT2D eigenvalue weighted by Gasteiger charge is -1.49. The number of carbonyl (C=O) groups is 1. The van der Waals surface area contributed by atoms with E-state index in [9.17, 15) is 0 Å². The standard InChI is InChI=1S/C2H3ClO.H2O/c3-1-2-4;/h2H,1H2;1H2. The molecule has 0 fully saturated rings. The Morgan fingerprint density at radius 1 is 1.80 bits per heavy atom. The van der Waals surface area contributed by atoms with Crippen molar-refractivity contribution >= 4 is 17.9 Å². The molecule has 0 bridgehead atoms. The lowest BCUT2D eigenvalue weighted by atomic mass is 10.9. The predicted molar refractivity (Wildman–Crippen MR) is 20.4 cm³/mol. The molecule has 2 nitrogen and oxygen atoms in total. The van der Waals surface area contributed by atoms with Crippen molar-refractivity contribution in [3.63, 3.8) is 0 Å². The third-order valence-electron chi connectivity index (χ3n) is 0.0630. The second-order valence-corrected chi connectivity index (χ2v) is 0.630. The molecule has 3 heteroatoms. The highest BCUT2D eigenvalue weighted by Gasteiger charge is 1.55. The minimum absolute atomic E-state index is 0. The Bertz CT molecular complexity index is 21.6. The normalized spacial score (nSPS) is 5.00. The first-order valence-electron chi connectivity index (χ1n) is 0.911. The number of hydrogen-bond acceptors (Lipinski definition) is 1.